The summed E-state index contributed by atoms with van der Waals surface area (Å²) in [5, 5.41) is 14.8. The summed E-state index contributed by atoms with van der Waals surface area (Å²) in [6.45, 7) is -0.715. The van der Waals surface area contributed by atoms with Crippen molar-refractivity contribution in [3.8, 4) is 6.07 Å². The predicted molar refractivity (Wildman–Crippen MR) is 89.9 cm³/mol. The van der Waals surface area contributed by atoms with Crippen molar-refractivity contribution in [2.24, 2.45) is 0 Å². The van der Waals surface area contributed by atoms with Gasteiger partial charge in [0.1, 0.15) is 6.54 Å². The first-order valence-corrected chi connectivity index (χ1v) is 8.38. The summed E-state index contributed by atoms with van der Waals surface area (Å²) in [5.74, 6) is -0.441. The molecule has 0 aliphatic heterocycles. The predicted octanol–water partition coefficient (Wildman–Crippen LogP) is 3.21. The van der Waals surface area contributed by atoms with Crippen molar-refractivity contribution >= 4 is 11.6 Å². The fraction of sp³-hybridized carbons (Fsp3) is 0.412. The third-order valence-electron chi connectivity index (χ3n) is 3.72. The number of hydrogen-bond acceptors (Lipinski definition) is 6. The maximum Gasteiger partial charge on any atom is 0.417 e. The second-order valence-electron chi connectivity index (χ2n) is 6.15. The molecule has 1 heterocycles. The van der Waals surface area contributed by atoms with Crippen LogP contribution in [0.15, 0.2) is 22.7 Å². The number of nitrogens with zero attached hydrogens (tertiary/aromatic N) is 4. The van der Waals surface area contributed by atoms with Gasteiger partial charge in [-0.25, -0.2) is 0 Å². The Morgan fingerprint density at radius 1 is 1.27 bits per heavy atom. The van der Waals surface area contributed by atoms with E-state index in [1.54, 1.807) is 0 Å². The highest BCUT2D eigenvalue weighted by Gasteiger charge is 2.36. The smallest absolute Gasteiger partial charge is 0.356 e. The molecule has 0 aliphatic carbocycles. The molecule has 1 N–H and O–H groups in total. The number of carbonyl (C=O) groups excluding carboxylic acids is 1. The lowest BCUT2D eigenvalue weighted by Gasteiger charge is -2.25. The Bertz CT molecular complexity index is 932. The summed E-state index contributed by atoms with van der Waals surface area (Å²) in [7, 11) is 0. The number of amides is 1. The number of carbonyl (C=O) groups is 1. The minimum absolute atomic E-state index is 0.0431. The normalized spacial score (nSPS) is 11.8. The first kappa shape index (κ1) is 23.0. The van der Waals surface area contributed by atoms with E-state index in [0.717, 1.165) is 12.1 Å². The van der Waals surface area contributed by atoms with E-state index in [2.05, 4.69) is 15.5 Å². The highest BCUT2D eigenvalue weighted by atomic mass is 19.4. The number of halogens is 6. The van der Waals surface area contributed by atoms with Crippen LogP contribution in [-0.2, 0) is 23.9 Å². The van der Waals surface area contributed by atoms with Crippen molar-refractivity contribution in [1.82, 2.24) is 15.5 Å². The van der Waals surface area contributed by atoms with Crippen LogP contribution in [0.1, 0.15) is 29.8 Å². The van der Waals surface area contributed by atoms with Gasteiger partial charge in [-0.15, -0.1) is 0 Å². The van der Waals surface area contributed by atoms with E-state index in [-0.39, 0.29) is 30.6 Å². The van der Waals surface area contributed by atoms with Gasteiger partial charge in [-0.3, -0.25) is 4.79 Å². The van der Waals surface area contributed by atoms with Gasteiger partial charge in [-0.05, 0) is 18.2 Å². The number of nitrogens with one attached hydrogen (secondary N) is 1. The van der Waals surface area contributed by atoms with Crippen LogP contribution in [0, 0.1) is 11.3 Å². The van der Waals surface area contributed by atoms with Crippen molar-refractivity contribution in [3.63, 3.8) is 0 Å². The largest absolute Gasteiger partial charge is 0.417 e. The lowest BCUT2D eigenvalue weighted by molar-refractivity contribution is -0.137. The number of aromatic nitrogens is 2. The lowest BCUT2D eigenvalue weighted by atomic mass is 10.1. The summed E-state index contributed by atoms with van der Waals surface area (Å²) in [5.41, 5.74) is -2.47. The zero-order chi connectivity index (χ0) is 22.5. The Morgan fingerprint density at radius 3 is 2.53 bits per heavy atom. The van der Waals surface area contributed by atoms with Gasteiger partial charge in [0.25, 0.3) is 0 Å². The Labute approximate surface area is 166 Å². The third kappa shape index (κ3) is 6.64. The molecular formula is C17H15F6N5O2. The van der Waals surface area contributed by atoms with Gasteiger partial charge in [0.05, 0.1) is 23.7 Å². The van der Waals surface area contributed by atoms with Crippen LogP contribution in [0.4, 0.5) is 32.0 Å². The van der Waals surface area contributed by atoms with E-state index in [1.807, 2.05) is 0 Å². The number of anilines is 1. The van der Waals surface area contributed by atoms with Crippen molar-refractivity contribution < 1.29 is 35.7 Å². The quantitative estimate of drug-likeness (QED) is 0.672. The lowest BCUT2D eigenvalue weighted by Crippen LogP contribution is -2.34. The van der Waals surface area contributed by atoms with Crippen LogP contribution in [0.2, 0.25) is 0 Å². The number of alkyl halides is 6. The van der Waals surface area contributed by atoms with Gasteiger partial charge in [0.15, 0.2) is 5.82 Å². The van der Waals surface area contributed by atoms with Crippen LogP contribution in [0.3, 0.4) is 0 Å². The third-order valence-corrected chi connectivity index (χ3v) is 3.72. The Morgan fingerprint density at radius 2 is 1.97 bits per heavy atom. The Hall–Kier alpha value is -3.30. The van der Waals surface area contributed by atoms with Crippen molar-refractivity contribution in [2.45, 2.75) is 32.2 Å². The van der Waals surface area contributed by atoms with E-state index in [4.69, 9.17) is 9.78 Å². The van der Waals surface area contributed by atoms with Crippen LogP contribution in [0.25, 0.3) is 0 Å². The zero-order valence-electron chi connectivity index (χ0n) is 15.4. The zero-order valence-corrected chi connectivity index (χ0v) is 15.4. The average molecular weight is 435 g/mol. The summed E-state index contributed by atoms with van der Waals surface area (Å²) in [6.07, 6.45) is -9.53. The molecule has 2 rings (SSSR count). The molecule has 30 heavy (non-hydrogen) atoms. The highest BCUT2D eigenvalue weighted by molar-refractivity contribution is 5.72. The summed E-state index contributed by atoms with van der Waals surface area (Å²) in [4.78, 5) is 15.3. The van der Waals surface area contributed by atoms with Gasteiger partial charge in [-0.2, -0.15) is 36.6 Å². The molecule has 162 valence electrons. The van der Waals surface area contributed by atoms with Gasteiger partial charge >= 0.3 is 12.4 Å². The van der Waals surface area contributed by atoms with Gasteiger partial charge in [0, 0.05) is 25.6 Å². The minimum atomic E-state index is -4.92. The Kier molecular flexibility index (Phi) is 6.91. The van der Waals surface area contributed by atoms with Crippen molar-refractivity contribution in [3.05, 3.63) is 41.0 Å². The van der Waals surface area contributed by atoms with Crippen molar-refractivity contribution in [1.29, 1.82) is 5.26 Å². The average Bonchev–Trinajstić information content (AvgIpc) is 3.05. The molecule has 2 aromatic rings. The molecular weight excluding hydrogens is 420 g/mol. The maximum absolute atomic E-state index is 13.2. The second-order valence-corrected chi connectivity index (χ2v) is 6.15. The first-order valence-electron chi connectivity index (χ1n) is 8.38. The molecule has 0 unspecified atom stereocenters. The monoisotopic (exact) mass is 435 g/mol. The molecule has 0 spiro atoms. The molecule has 0 fully saturated rings. The molecule has 1 aromatic heterocycles. The molecule has 1 aromatic carbocycles. The van der Waals surface area contributed by atoms with E-state index in [9.17, 15) is 31.1 Å². The highest BCUT2D eigenvalue weighted by Crippen LogP contribution is 2.35. The van der Waals surface area contributed by atoms with Gasteiger partial charge in [-0.1, -0.05) is 5.16 Å². The molecule has 7 nitrogen and oxygen atoms in total. The summed E-state index contributed by atoms with van der Waals surface area (Å²) in [6, 6.07) is 3.63. The Balaban J connectivity index is 2.29. The molecule has 0 aliphatic rings. The van der Waals surface area contributed by atoms with E-state index in [0.29, 0.717) is 11.0 Å². The molecule has 13 heteroatoms. The van der Waals surface area contributed by atoms with E-state index < -0.39 is 42.3 Å². The number of hydrogen-bond donors (Lipinski definition) is 1. The van der Waals surface area contributed by atoms with Crippen molar-refractivity contribution in [2.75, 3.05) is 18.0 Å². The number of nitriles is 1. The molecule has 0 radical (unpaired) electrons. The fourth-order valence-corrected chi connectivity index (χ4v) is 2.49. The molecule has 0 saturated heterocycles. The number of benzene rings is 1. The van der Waals surface area contributed by atoms with E-state index >= 15 is 0 Å². The second kappa shape index (κ2) is 9.02. The SMILES string of the molecule is CC(=O)NCCc1nc(CN(CC(F)(F)F)c2ccc(C#N)c(C(F)(F)F)c2)no1. The van der Waals surface area contributed by atoms with Crippen LogP contribution in [-0.4, -0.2) is 35.3 Å². The number of rotatable bonds is 7. The first-order chi connectivity index (χ1) is 13.9. The molecule has 0 saturated carbocycles. The van der Waals surface area contributed by atoms with Crippen LogP contribution in [0.5, 0.6) is 0 Å². The van der Waals surface area contributed by atoms with Gasteiger partial charge in [0.2, 0.25) is 11.8 Å². The minimum Gasteiger partial charge on any atom is -0.356 e. The van der Waals surface area contributed by atoms with Gasteiger partial charge < -0.3 is 14.7 Å². The topological polar surface area (TPSA) is 95.1 Å². The van der Waals surface area contributed by atoms with E-state index in [1.165, 1.54) is 13.0 Å². The summed E-state index contributed by atoms with van der Waals surface area (Å²) < 4.78 is 83.4. The standard InChI is InChI=1S/C17H15F6N5O2/c1-10(29)25-5-4-15-26-14(27-30-15)8-28(9-16(18,19)20)12-3-2-11(7-24)13(6-12)17(21,22)23/h2-3,6H,4-5,8-9H2,1H3,(H,25,29). The van der Waals surface area contributed by atoms with Crippen LogP contribution >= 0.6 is 0 Å². The fourth-order valence-electron chi connectivity index (χ4n) is 2.49. The molecule has 0 atom stereocenters. The molecule has 0 bridgehead atoms. The maximum atomic E-state index is 13.2. The van der Waals surface area contributed by atoms with Crippen LogP contribution < -0.4 is 10.2 Å². The summed E-state index contributed by atoms with van der Waals surface area (Å²) >= 11 is 0. The molecule has 1 amide bonds.